The van der Waals surface area contributed by atoms with Crippen LogP contribution in [0, 0.1) is 13.8 Å². The van der Waals surface area contributed by atoms with E-state index >= 15 is 0 Å². The zero-order valence-corrected chi connectivity index (χ0v) is 12.2. The van der Waals surface area contributed by atoms with Crippen LogP contribution in [0.15, 0.2) is 23.5 Å². The van der Waals surface area contributed by atoms with Crippen LogP contribution >= 0.6 is 0 Å². The highest BCUT2D eigenvalue weighted by Gasteiger charge is 2.22. The van der Waals surface area contributed by atoms with Gasteiger partial charge >= 0.3 is 0 Å². The van der Waals surface area contributed by atoms with Crippen LogP contribution in [0.4, 0.5) is 0 Å². The summed E-state index contributed by atoms with van der Waals surface area (Å²) in [6.45, 7) is 3.91. The smallest absolute Gasteiger partial charge is 0.260 e. The van der Waals surface area contributed by atoms with E-state index in [0.29, 0.717) is 11.3 Å². The van der Waals surface area contributed by atoms with Gasteiger partial charge in [0.25, 0.3) is 10.0 Å². The van der Waals surface area contributed by atoms with Crippen LogP contribution in [0.1, 0.15) is 22.4 Å². The summed E-state index contributed by atoms with van der Waals surface area (Å²) in [5.41, 5.74) is 8.51. The van der Waals surface area contributed by atoms with E-state index in [1.165, 1.54) is 0 Å². The van der Waals surface area contributed by atoms with Crippen LogP contribution in [0.3, 0.4) is 0 Å². The summed E-state index contributed by atoms with van der Waals surface area (Å²) in [6, 6.07) is 1.83. The van der Waals surface area contributed by atoms with Crippen LogP contribution in [0.2, 0.25) is 0 Å². The lowest BCUT2D eigenvalue weighted by atomic mass is 10.2. The molecule has 0 atom stereocenters. The molecule has 0 unspecified atom stereocenters. The number of H-pyrrole nitrogens is 1. The Kier molecular flexibility index (Phi) is 4.17. The van der Waals surface area contributed by atoms with E-state index in [9.17, 15) is 8.42 Å². The second-order valence-electron chi connectivity index (χ2n) is 4.46. The third kappa shape index (κ3) is 2.87. The molecule has 20 heavy (non-hydrogen) atoms. The van der Waals surface area contributed by atoms with Gasteiger partial charge in [0, 0.05) is 36.7 Å². The second kappa shape index (κ2) is 5.70. The first-order valence-corrected chi connectivity index (χ1v) is 7.57. The van der Waals surface area contributed by atoms with Crippen LogP contribution in [0.25, 0.3) is 0 Å². The fraction of sp³-hybridized carbons (Fsp3) is 0.333. The Morgan fingerprint density at radius 2 is 2.15 bits per heavy atom. The highest BCUT2D eigenvalue weighted by molar-refractivity contribution is 7.89. The number of aryl methyl sites for hydroxylation is 2. The number of nitrogens with one attached hydrogen (secondary N) is 2. The molecule has 0 spiro atoms. The summed E-state index contributed by atoms with van der Waals surface area (Å²) in [6.07, 6.45) is 3.30. The van der Waals surface area contributed by atoms with Gasteiger partial charge < -0.3 is 5.73 Å². The molecule has 2 aromatic rings. The normalized spacial score (nSPS) is 11.8. The van der Waals surface area contributed by atoms with Gasteiger partial charge in [0.2, 0.25) is 0 Å². The van der Waals surface area contributed by atoms with Crippen LogP contribution < -0.4 is 10.5 Å². The number of sulfonamides is 1. The van der Waals surface area contributed by atoms with E-state index in [1.54, 1.807) is 19.3 Å². The topological polar surface area (TPSA) is 114 Å². The van der Waals surface area contributed by atoms with Gasteiger partial charge in [-0.15, -0.1) is 0 Å². The van der Waals surface area contributed by atoms with E-state index < -0.39 is 10.0 Å². The third-order valence-corrected chi connectivity index (χ3v) is 4.47. The second-order valence-corrected chi connectivity index (χ2v) is 6.15. The molecule has 108 valence electrons. The van der Waals surface area contributed by atoms with Crippen molar-refractivity contribution in [2.24, 2.45) is 5.73 Å². The average Bonchev–Trinajstić information content (AvgIpc) is 2.79. The van der Waals surface area contributed by atoms with E-state index in [4.69, 9.17) is 5.73 Å². The molecule has 7 nitrogen and oxygen atoms in total. The number of rotatable bonds is 5. The molecule has 0 aliphatic rings. The largest absolute Gasteiger partial charge is 0.326 e. The summed E-state index contributed by atoms with van der Waals surface area (Å²) in [5.74, 6) is 0. The molecule has 0 saturated carbocycles. The molecular weight excluding hydrogens is 278 g/mol. The Balaban J connectivity index is 2.22. The van der Waals surface area contributed by atoms with Crippen molar-refractivity contribution >= 4 is 10.0 Å². The Morgan fingerprint density at radius 3 is 2.80 bits per heavy atom. The third-order valence-electron chi connectivity index (χ3n) is 3.09. The maximum absolute atomic E-state index is 12.2. The number of hydrogen-bond donors (Lipinski definition) is 3. The molecule has 0 bridgehead atoms. The Hall–Kier alpha value is -1.77. The minimum Gasteiger partial charge on any atom is -0.326 e. The lowest BCUT2D eigenvalue weighted by Crippen LogP contribution is -2.25. The first-order valence-electron chi connectivity index (χ1n) is 6.08. The zero-order chi connectivity index (χ0) is 14.8. The number of pyridine rings is 1. The summed E-state index contributed by atoms with van der Waals surface area (Å²) >= 11 is 0. The Bertz CT molecular complexity index is 708. The monoisotopic (exact) mass is 295 g/mol. The average molecular weight is 295 g/mol. The number of aromatic amines is 1. The fourth-order valence-electron chi connectivity index (χ4n) is 1.82. The molecule has 4 N–H and O–H groups in total. The summed E-state index contributed by atoms with van der Waals surface area (Å²) in [5, 5.41) is 6.42. The summed E-state index contributed by atoms with van der Waals surface area (Å²) in [7, 11) is -3.70. The van der Waals surface area contributed by atoms with Crippen LogP contribution in [-0.4, -0.2) is 23.6 Å². The minimum atomic E-state index is -3.70. The Morgan fingerprint density at radius 1 is 1.40 bits per heavy atom. The van der Waals surface area contributed by atoms with E-state index in [-0.39, 0.29) is 18.1 Å². The first-order chi connectivity index (χ1) is 9.45. The van der Waals surface area contributed by atoms with Gasteiger partial charge in [0.1, 0.15) is 0 Å². The lowest BCUT2D eigenvalue weighted by molar-refractivity contribution is 0.575. The molecule has 0 aromatic carbocycles. The molecule has 0 fully saturated rings. The standard InChI is InChI=1S/C12H17N5O2S/c1-8-3-4-14-6-10(8)7-15-20(18,19)12-11(5-13)9(2)16-17-12/h3-4,6,15H,5,7,13H2,1-2H3,(H,16,17). The maximum atomic E-state index is 12.2. The SMILES string of the molecule is Cc1ccncc1CNS(=O)(=O)c1n[nH]c(C)c1CN. The number of aromatic nitrogens is 3. The summed E-state index contributed by atoms with van der Waals surface area (Å²) < 4.78 is 27.0. The molecule has 2 heterocycles. The molecule has 2 rings (SSSR count). The van der Waals surface area contributed by atoms with Gasteiger partial charge in [-0.05, 0) is 31.0 Å². The molecule has 0 radical (unpaired) electrons. The highest BCUT2D eigenvalue weighted by Crippen LogP contribution is 2.16. The van der Waals surface area contributed by atoms with Gasteiger partial charge in [-0.2, -0.15) is 5.10 Å². The van der Waals surface area contributed by atoms with Gasteiger partial charge in [-0.25, -0.2) is 13.1 Å². The highest BCUT2D eigenvalue weighted by atomic mass is 32.2. The van der Waals surface area contributed by atoms with Crippen molar-refractivity contribution in [3.05, 3.63) is 40.8 Å². The minimum absolute atomic E-state index is 0.0426. The quantitative estimate of drug-likeness (QED) is 0.737. The van der Waals surface area contributed by atoms with Crippen molar-refractivity contribution in [1.29, 1.82) is 0 Å². The van der Waals surface area contributed by atoms with Crippen molar-refractivity contribution < 1.29 is 8.42 Å². The van der Waals surface area contributed by atoms with Gasteiger partial charge in [0.15, 0.2) is 5.03 Å². The first kappa shape index (κ1) is 14.6. The van der Waals surface area contributed by atoms with Crippen LogP contribution in [0.5, 0.6) is 0 Å². The molecule has 8 heteroatoms. The number of nitrogens with two attached hydrogens (primary N) is 1. The number of nitrogens with zero attached hydrogens (tertiary/aromatic N) is 2. The van der Waals surface area contributed by atoms with Crippen molar-refractivity contribution in [3.8, 4) is 0 Å². The fourth-order valence-corrected chi connectivity index (χ4v) is 3.02. The number of hydrogen-bond acceptors (Lipinski definition) is 5. The molecule has 0 saturated heterocycles. The van der Waals surface area contributed by atoms with Gasteiger partial charge in [-0.1, -0.05) is 0 Å². The van der Waals surface area contributed by atoms with Crippen molar-refractivity contribution in [2.75, 3.05) is 0 Å². The predicted octanol–water partition coefficient (Wildman–Crippen LogP) is 0.359. The van der Waals surface area contributed by atoms with Gasteiger partial charge in [-0.3, -0.25) is 10.1 Å². The molecule has 0 aliphatic heterocycles. The predicted molar refractivity (Wildman–Crippen MR) is 74.2 cm³/mol. The van der Waals surface area contributed by atoms with Crippen molar-refractivity contribution in [2.45, 2.75) is 32.0 Å². The van der Waals surface area contributed by atoms with E-state index in [2.05, 4.69) is 19.9 Å². The van der Waals surface area contributed by atoms with E-state index in [0.717, 1.165) is 11.1 Å². The molecule has 2 aromatic heterocycles. The maximum Gasteiger partial charge on any atom is 0.260 e. The molecule has 0 amide bonds. The lowest BCUT2D eigenvalue weighted by Gasteiger charge is -2.07. The van der Waals surface area contributed by atoms with Crippen molar-refractivity contribution in [3.63, 3.8) is 0 Å². The van der Waals surface area contributed by atoms with Crippen LogP contribution in [-0.2, 0) is 23.1 Å². The molecule has 0 aliphatic carbocycles. The van der Waals surface area contributed by atoms with Crippen molar-refractivity contribution in [1.82, 2.24) is 19.9 Å². The van der Waals surface area contributed by atoms with Gasteiger partial charge in [0.05, 0.1) is 0 Å². The summed E-state index contributed by atoms with van der Waals surface area (Å²) in [4.78, 5) is 3.98. The molecular formula is C12H17N5O2S. The zero-order valence-electron chi connectivity index (χ0n) is 11.3. The van der Waals surface area contributed by atoms with E-state index in [1.807, 2.05) is 13.0 Å². The Labute approximate surface area is 117 Å².